The lowest BCUT2D eigenvalue weighted by molar-refractivity contribution is 0.0234. The molecule has 0 radical (unpaired) electrons. The summed E-state index contributed by atoms with van der Waals surface area (Å²) in [6.45, 7) is 3.97. The molecule has 0 spiro atoms. The van der Waals surface area contributed by atoms with E-state index >= 15 is 0 Å². The van der Waals surface area contributed by atoms with Crippen LogP contribution < -0.4 is 10.1 Å². The average molecular weight is 356 g/mol. The first-order valence-corrected chi connectivity index (χ1v) is 8.78. The second-order valence-corrected chi connectivity index (χ2v) is 6.95. The van der Waals surface area contributed by atoms with Gasteiger partial charge < -0.3 is 15.2 Å². The molecule has 1 atom stereocenters. The monoisotopic (exact) mass is 356 g/mol. The molecule has 2 aromatic rings. The second kappa shape index (κ2) is 7.78. The number of amides is 1. The molecular formula is C19H24N4O3. The van der Waals surface area contributed by atoms with Gasteiger partial charge in [-0.25, -0.2) is 9.97 Å². The molecule has 7 heteroatoms. The van der Waals surface area contributed by atoms with Gasteiger partial charge in [0.2, 0.25) is 0 Å². The summed E-state index contributed by atoms with van der Waals surface area (Å²) in [4.78, 5) is 25.5. The van der Waals surface area contributed by atoms with E-state index in [1.165, 1.54) is 0 Å². The summed E-state index contributed by atoms with van der Waals surface area (Å²) in [6, 6.07) is 3.21. The predicted molar refractivity (Wildman–Crippen MR) is 95.8 cm³/mol. The Morgan fingerprint density at radius 3 is 2.77 bits per heavy atom. The van der Waals surface area contributed by atoms with Gasteiger partial charge in [-0.2, -0.15) is 0 Å². The first kappa shape index (κ1) is 18.3. The highest BCUT2D eigenvalue weighted by molar-refractivity contribution is 5.92. The summed E-state index contributed by atoms with van der Waals surface area (Å²) >= 11 is 0. The van der Waals surface area contributed by atoms with E-state index in [0.717, 1.165) is 5.56 Å². The summed E-state index contributed by atoms with van der Waals surface area (Å²) in [6.07, 6.45) is 5.91. The van der Waals surface area contributed by atoms with Crippen LogP contribution in [-0.2, 0) is 0 Å². The average Bonchev–Trinajstić information content (AvgIpc) is 2.63. The fourth-order valence-electron chi connectivity index (χ4n) is 3.09. The summed E-state index contributed by atoms with van der Waals surface area (Å²) in [5.41, 5.74) is 1.19. The van der Waals surface area contributed by atoms with Crippen molar-refractivity contribution in [2.45, 2.75) is 44.8 Å². The largest absolute Gasteiger partial charge is 0.495 e. The van der Waals surface area contributed by atoms with E-state index in [-0.39, 0.29) is 29.9 Å². The van der Waals surface area contributed by atoms with Crippen molar-refractivity contribution < 1.29 is 14.6 Å². The number of pyridine rings is 1. The summed E-state index contributed by atoms with van der Waals surface area (Å²) in [5.74, 6) is 1.29. The number of hydrogen-bond donors (Lipinski definition) is 2. The van der Waals surface area contributed by atoms with Gasteiger partial charge in [-0.15, -0.1) is 0 Å². The molecule has 1 saturated carbocycles. The number of ether oxygens (including phenoxy) is 1. The van der Waals surface area contributed by atoms with Gasteiger partial charge in [-0.05, 0) is 36.5 Å². The Morgan fingerprint density at radius 1 is 1.35 bits per heavy atom. The molecule has 1 aliphatic rings. The van der Waals surface area contributed by atoms with Crippen LogP contribution >= 0.6 is 0 Å². The topological polar surface area (TPSA) is 97.2 Å². The molecule has 138 valence electrons. The first-order valence-electron chi connectivity index (χ1n) is 8.78. The number of carbonyl (C=O) groups is 1. The van der Waals surface area contributed by atoms with Gasteiger partial charge in [0.1, 0.15) is 17.3 Å². The highest BCUT2D eigenvalue weighted by Gasteiger charge is 2.36. The van der Waals surface area contributed by atoms with Gasteiger partial charge >= 0.3 is 0 Å². The number of aliphatic hydroxyl groups is 1. The van der Waals surface area contributed by atoms with Crippen molar-refractivity contribution in [3.05, 3.63) is 47.8 Å². The van der Waals surface area contributed by atoms with E-state index in [9.17, 15) is 9.90 Å². The highest BCUT2D eigenvalue weighted by atomic mass is 16.5. The first-order chi connectivity index (χ1) is 12.5. The molecule has 0 saturated heterocycles. The fraction of sp³-hybridized carbons (Fsp3) is 0.474. The minimum atomic E-state index is -0.315. The van der Waals surface area contributed by atoms with Crippen LogP contribution in [0.15, 0.2) is 30.7 Å². The molecule has 0 aromatic carbocycles. The van der Waals surface area contributed by atoms with Crippen molar-refractivity contribution >= 4 is 5.91 Å². The van der Waals surface area contributed by atoms with Crippen molar-refractivity contribution in [3.63, 3.8) is 0 Å². The zero-order valence-electron chi connectivity index (χ0n) is 15.2. The lowest BCUT2D eigenvalue weighted by atomic mass is 9.75. The van der Waals surface area contributed by atoms with Gasteiger partial charge in [-0.3, -0.25) is 9.78 Å². The zero-order valence-corrected chi connectivity index (χ0v) is 15.2. The van der Waals surface area contributed by atoms with Gasteiger partial charge in [0.25, 0.3) is 5.91 Å². The molecule has 26 heavy (non-hydrogen) atoms. The smallest absolute Gasteiger partial charge is 0.270 e. The molecule has 2 heterocycles. The molecule has 1 unspecified atom stereocenters. The van der Waals surface area contributed by atoms with Crippen LogP contribution in [0.5, 0.6) is 5.75 Å². The molecule has 2 N–H and O–H groups in total. The number of carbonyl (C=O) groups excluding carboxylic acids is 1. The molecule has 0 bridgehead atoms. The Morgan fingerprint density at radius 2 is 2.12 bits per heavy atom. The van der Waals surface area contributed by atoms with Crippen molar-refractivity contribution in [3.8, 4) is 5.75 Å². The highest BCUT2D eigenvalue weighted by Crippen LogP contribution is 2.38. The Balaban J connectivity index is 1.83. The third-order valence-electron chi connectivity index (χ3n) is 4.66. The minimum Gasteiger partial charge on any atom is -0.495 e. The minimum absolute atomic E-state index is 0.142. The Bertz CT molecular complexity index is 775. The van der Waals surface area contributed by atoms with Crippen LogP contribution in [0.2, 0.25) is 0 Å². The lowest BCUT2D eigenvalue weighted by Gasteiger charge is -2.38. The number of aliphatic hydroxyl groups excluding tert-OH is 1. The number of rotatable bonds is 6. The number of hydrogen-bond acceptors (Lipinski definition) is 6. The molecule has 7 nitrogen and oxygen atoms in total. The molecule has 1 fully saturated rings. The quantitative estimate of drug-likeness (QED) is 0.824. The summed E-state index contributed by atoms with van der Waals surface area (Å²) < 4.78 is 5.24. The Hall–Kier alpha value is -2.54. The van der Waals surface area contributed by atoms with Crippen LogP contribution in [0.25, 0.3) is 0 Å². The molecule has 2 aromatic heterocycles. The Kier molecular flexibility index (Phi) is 5.46. The maximum atomic E-state index is 12.8. The van der Waals surface area contributed by atoms with E-state index in [1.54, 1.807) is 31.8 Å². The van der Waals surface area contributed by atoms with Crippen molar-refractivity contribution in [2.24, 2.45) is 5.92 Å². The maximum Gasteiger partial charge on any atom is 0.270 e. The lowest BCUT2D eigenvalue weighted by Crippen LogP contribution is -2.41. The Labute approximate surface area is 152 Å². The van der Waals surface area contributed by atoms with E-state index in [2.05, 4.69) is 20.3 Å². The zero-order chi connectivity index (χ0) is 18.7. The SMILES string of the molecule is COc1cncc(C(NC(=O)c2ccnc(C(C)C)n2)C2CC(O)C2)c1. The third kappa shape index (κ3) is 3.99. The van der Waals surface area contributed by atoms with Gasteiger partial charge in [-0.1, -0.05) is 13.8 Å². The van der Waals surface area contributed by atoms with Crippen molar-refractivity contribution in [1.29, 1.82) is 0 Å². The van der Waals surface area contributed by atoms with Crippen LogP contribution in [-0.4, -0.2) is 39.2 Å². The summed E-state index contributed by atoms with van der Waals surface area (Å²) in [5, 5.41) is 12.7. The van der Waals surface area contributed by atoms with Gasteiger partial charge in [0.05, 0.1) is 25.5 Å². The van der Waals surface area contributed by atoms with Crippen LogP contribution in [0.3, 0.4) is 0 Å². The van der Waals surface area contributed by atoms with Crippen molar-refractivity contribution in [1.82, 2.24) is 20.3 Å². The second-order valence-electron chi connectivity index (χ2n) is 6.95. The van der Waals surface area contributed by atoms with Crippen molar-refractivity contribution in [2.75, 3.05) is 7.11 Å². The van der Waals surface area contributed by atoms with E-state index in [1.807, 2.05) is 19.9 Å². The van der Waals surface area contributed by atoms with Gasteiger partial charge in [0.15, 0.2) is 0 Å². The molecule has 1 aliphatic carbocycles. The van der Waals surface area contributed by atoms with E-state index in [0.29, 0.717) is 30.1 Å². The maximum absolute atomic E-state index is 12.8. The normalized spacial score (nSPS) is 20.3. The van der Waals surface area contributed by atoms with E-state index in [4.69, 9.17) is 4.74 Å². The molecular weight excluding hydrogens is 332 g/mol. The fourth-order valence-corrected chi connectivity index (χ4v) is 3.09. The number of nitrogens with zero attached hydrogens (tertiary/aromatic N) is 3. The van der Waals surface area contributed by atoms with E-state index < -0.39 is 0 Å². The van der Waals surface area contributed by atoms with Crippen LogP contribution in [0, 0.1) is 5.92 Å². The molecule has 3 rings (SSSR count). The predicted octanol–water partition coefficient (Wildman–Crippen LogP) is 2.25. The number of methoxy groups -OCH3 is 1. The van der Waals surface area contributed by atoms with Gasteiger partial charge in [0, 0.05) is 18.3 Å². The standard InChI is InChI=1S/C19H24N4O3/c1-11(2)18-21-5-4-16(22-18)19(25)23-17(12-6-14(24)7-12)13-8-15(26-3)10-20-9-13/h4-5,8-12,14,17,24H,6-7H2,1-3H3,(H,23,25). The third-order valence-corrected chi connectivity index (χ3v) is 4.66. The number of aromatic nitrogens is 3. The summed E-state index contributed by atoms with van der Waals surface area (Å²) in [7, 11) is 1.58. The number of nitrogens with one attached hydrogen (secondary N) is 1. The van der Waals surface area contributed by atoms with Crippen LogP contribution in [0.4, 0.5) is 0 Å². The molecule has 1 amide bonds. The van der Waals surface area contributed by atoms with Crippen LogP contribution in [0.1, 0.15) is 60.5 Å². The molecule has 0 aliphatic heterocycles.